The van der Waals surface area contributed by atoms with E-state index < -0.39 is 0 Å². The van der Waals surface area contributed by atoms with Gasteiger partial charge in [0.1, 0.15) is 0 Å². The van der Waals surface area contributed by atoms with E-state index >= 15 is 0 Å². The van der Waals surface area contributed by atoms with Gasteiger partial charge in [0, 0.05) is 16.8 Å². The Labute approximate surface area is 226 Å². The van der Waals surface area contributed by atoms with Gasteiger partial charge in [-0.1, -0.05) is 50.1 Å². The Hall–Kier alpha value is -1.74. The molecule has 8 atom stereocenters. The second kappa shape index (κ2) is 9.78. The summed E-state index contributed by atoms with van der Waals surface area (Å²) in [6.45, 7) is 12.0. The van der Waals surface area contributed by atoms with E-state index in [9.17, 15) is 5.11 Å². The van der Waals surface area contributed by atoms with Gasteiger partial charge in [-0.3, -0.25) is 0 Å². The summed E-state index contributed by atoms with van der Waals surface area (Å²) < 4.78 is 0. The van der Waals surface area contributed by atoms with E-state index in [-0.39, 0.29) is 16.9 Å². The van der Waals surface area contributed by atoms with E-state index in [1.807, 2.05) is 12.1 Å². The van der Waals surface area contributed by atoms with Gasteiger partial charge in [0.15, 0.2) is 0 Å². The molecule has 3 saturated carbocycles. The van der Waals surface area contributed by atoms with E-state index in [0.717, 1.165) is 54.2 Å². The van der Waals surface area contributed by atoms with Crippen LogP contribution in [0.4, 0.5) is 11.4 Å². The van der Waals surface area contributed by atoms with Gasteiger partial charge in [-0.25, -0.2) is 0 Å². The highest BCUT2D eigenvalue weighted by Gasteiger charge is 2.61. The van der Waals surface area contributed by atoms with Crippen molar-refractivity contribution in [1.29, 1.82) is 0 Å². The summed E-state index contributed by atoms with van der Waals surface area (Å²) in [7, 11) is 0. The Bertz CT molecular complexity index is 1070. The predicted molar refractivity (Wildman–Crippen MR) is 157 cm³/mol. The quantitative estimate of drug-likeness (QED) is 0.208. The minimum atomic E-state index is -0.328. The lowest BCUT2D eigenvalue weighted by Crippen LogP contribution is -2.55. The molecule has 3 fully saturated rings. The highest BCUT2D eigenvalue weighted by molar-refractivity contribution is 5.57. The minimum Gasteiger partial charge on any atom is -0.399 e. The van der Waals surface area contributed by atoms with Crippen molar-refractivity contribution in [3.63, 3.8) is 0 Å². The molecule has 1 aromatic rings. The van der Waals surface area contributed by atoms with E-state index in [2.05, 4.69) is 52.8 Å². The molecule has 0 spiro atoms. The molecule has 3 nitrogen and oxygen atoms in total. The monoisotopic (exact) mass is 504 g/mol. The average Bonchev–Trinajstić information content (AvgIpc) is 3.17. The molecule has 0 amide bonds. The number of unbranched alkanes of at least 4 members (excludes halogenated alkanes) is 1. The standard InChI is InChI=1S/C34H52N2O/c1-22(2)8-6-7-9-24-11-14-27-26-13-15-30-33(4,28(26)16-18-32(24,27)3)19-17-31(37)34(30,5)21-23-10-12-25(35)20-29(23)36/h8,10,12,15,20,24,26-28,31,37H,6-7,9,11,13-14,16-19,21,35-36H2,1-5H3. The number of benzene rings is 1. The molecule has 5 N–H and O–H groups in total. The molecule has 0 aromatic heterocycles. The summed E-state index contributed by atoms with van der Waals surface area (Å²) in [5.41, 5.74) is 18.4. The molecule has 5 rings (SSSR count). The second-order valence-electron chi connectivity index (χ2n) is 14.3. The normalized spacial score (nSPS) is 40.8. The zero-order chi connectivity index (χ0) is 26.6. The Morgan fingerprint density at radius 1 is 1.03 bits per heavy atom. The molecule has 0 saturated heterocycles. The molecule has 4 aliphatic carbocycles. The Kier molecular flexibility index (Phi) is 7.10. The third-order valence-electron chi connectivity index (χ3n) is 12.0. The molecular formula is C34H52N2O. The Balaban J connectivity index is 1.39. The number of aliphatic hydroxyl groups excluding tert-OH is 1. The second-order valence-corrected chi connectivity index (χ2v) is 14.3. The van der Waals surface area contributed by atoms with Gasteiger partial charge in [-0.15, -0.1) is 0 Å². The fraction of sp³-hybridized carbons (Fsp3) is 0.706. The van der Waals surface area contributed by atoms with Gasteiger partial charge in [0.05, 0.1) is 6.10 Å². The lowest BCUT2D eigenvalue weighted by molar-refractivity contribution is -0.0778. The molecule has 37 heavy (non-hydrogen) atoms. The topological polar surface area (TPSA) is 72.3 Å². The van der Waals surface area contributed by atoms with Crippen molar-refractivity contribution in [1.82, 2.24) is 0 Å². The molecule has 0 bridgehead atoms. The zero-order valence-electron chi connectivity index (χ0n) is 24.2. The number of fused-ring (bicyclic) bond motifs is 5. The molecule has 1 aromatic carbocycles. The molecule has 204 valence electrons. The first kappa shape index (κ1) is 26.9. The number of rotatable bonds is 6. The molecule has 4 aliphatic rings. The number of nitrogens with two attached hydrogens (primary N) is 2. The van der Waals surface area contributed by atoms with Crippen LogP contribution in [0.2, 0.25) is 0 Å². The van der Waals surface area contributed by atoms with Crippen LogP contribution in [0.3, 0.4) is 0 Å². The first-order valence-electron chi connectivity index (χ1n) is 15.2. The maximum absolute atomic E-state index is 11.4. The fourth-order valence-electron chi connectivity index (χ4n) is 9.96. The summed E-state index contributed by atoms with van der Waals surface area (Å²) in [5.74, 6) is 3.30. The summed E-state index contributed by atoms with van der Waals surface area (Å²) in [6, 6.07) is 5.90. The Morgan fingerprint density at radius 3 is 2.54 bits per heavy atom. The molecule has 8 unspecified atom stereocenters. The van der Waals surface area contributed by atoms with Crippen LogP contribution in [0.15, 0.2) is 41.5 Å². The predicted octanol–water partition coefficient (Wildman–Crippen LogP) is 8.09. The molecule has 0 aliphatic heterocycles. The Morgan fingerprint density at radius 2 is 1.81 bits per heavy atom. The number of nitrogen functional groups attached to an aromatic ring is 2. The summed E-state index contributed by atoms with van der Waals surface area (Å²) >= 11 is 0. The highest BCUT2D eigenvalue weighted by atomic mass is 16.3. The highest BCUT2D eigenvalue weighted by Crippen LogP contribution is 2.68. The van der Waals surface area contributed by atoms with Crippen molar-refractivity contribution in [3.05, 3.63) is 47.1 Å². The molecular weight excluding hydrogens is 452 g/mol. The van der Waals surface area contributed by atoms with Crippen LogP contribution in [0, 0.1) is 39.9 Å². The van der Waals surface area contributed by atoms with E-state index in [1.54, 1.807) is 0 Å². The number of anilines is 2. The molecule has 3 heteroatoms. The first-order valence-corrected chi connectivity index (χ1v) is 15.2. The number of allylic oxidation sites excluding steroid dienone is 3. The lowest BCUT2D eigenvalue weighted by atomic mass is 9.43. The van der Waals surface area contributed by atoms with Crippen LogP contribution >= 0.6 is 0 Å². The zero-order valence-corrected chi connectivity index (χ0v) is 24.2. The number of aliphatic hydroxyl groups is 1. The van der Waals surface area contributed by atoms with Crippen LogP contribution in [0.1, 0.15) is 104 Å². The summed E-state index contributed by atoms with van der Waals surface area (Å²) in [5, 5.41) is 11.4. The average molecular weight is 505 g/mol. The third-order valence-corrected chi connectivity index (χ3v) is 12.0. The third kappa shape index (κ3) is 4.48. The van der Waals surface area contributed by atoms with Crippen molar-refractivity contribution >= 4 is 11.4 Å². The number of hydrogen-bond acceptors (Lipinski definition) is 3. The van der Waals surface area contributed by atoms with Gasteiger partial charge in [0.25, 0.3) is 0 Å². The van der Waals surface area contributed by atoms with Crippen LogP contribution in [-0.2, 0) is 6.42 Å². The van der Waals surface area contributed by atoms with Crippen molar-refractivity contribution in [2.24, 2.45) is 39.9 Å². The van der Waals surface area contributed by atoms with E-state index in [1.165, 1.54) is 62.5 Å². The van der Waals surface area contributed by atoms with E-state index in [4.69, 9.17) is 11.5 Å². The molecule has 0 radical (unpaired) electrons. The van der Waals surface area contributed by atoms with Gasteiger partial charge in [0.2, 0.25) is 0 Å². The van der Waals surface area contributed by atoms with Gasteiger partial charge < -0.3 is 16.6 Å². The number of hydrogen-bond donors (Lipinski definition) is 3. The van der Waals surface area contributed by atoms with Crippen LogP contribution in [0.5, 0.6) is 0 Å². The van der Waals surface area contributed by atoms with E-state index in [0.29, 0.717) is 11.1 Å². The largest absolute Gasteiger partial charge is 0.399 e. The van der Waals surface area contributed by atoms with Crippen LogP contribution in [0.25, 0.3) is 0 Å². The molecule has 0 heterocycles. The van der Waals surface area contributed by atoms with Crippen molar-refractivity contribution in [2.45, 2.75) is 111 Å². The first-order chi connectivity index (χ1) is 17.5. The maximum Gasteiger partial charge on any atom is 0.0634 e. The van der Waals surface area contributed by atoms with Crippen LogP contribution in [-0.4, -0.2) is 11.2 Å². The van der Waals surface area contributed by atoms with Crippen molar-refractivity contribution in [2.75, 3.05) is 11.5 Å². The van der Waals surface area contributed by atoms with Gasteiger partial charge in [-0.2, -0.15) is 0 Å². The van der Waals surface area contributed by atoms with Crippen molar-refractivity contribution in [3.8, 4) is 0 Å². The van der Waals surface area contributed by atoms with Gasteiger partial charge >= 0.3 is 0 Å². The lowest BCUT2D eigenvalue weighted by Gasteiger charge is -2.61. The maximum atomic E-state index is 11.4. The summed E-state index contributed by atoms with van der Waals surface area (Å²) in [6.07, 6.45) is 18.3. The SMILES string of the molecule is CC(C)=CCCCC1CCC2C3CC=C4C(C)(Cc5ccc(N)cc5N)C(O)CCC4(C)C3CCC12C. The minimum absolute atomic E-state index is 0.183. The van der Waals surface area contributed by atoms with Gasteiger partial charge in [-0.05, 0) is 137 Å². The van der Waals surface area contributed by atoms with Crippen molar-refractivity contribution < 1.29 is 5.11 Å². The smallest absolute Gasteiger partial charge is 0.0634 e. The summed E-state index contributed by atoms with van der Waals surface area (Å²) in [4.78, 5) is 0. The fourth-order valence-corrected chi connectivity index (χ4v) is 9.96. The van der Waals surface area contributed by atoms with Crippen LogP contribution < -0.4 is 11.5 Å².